The SMILES string of the molecule is CC(C)(C)OC(=O)N1CCN(Cc2ccc(N3CCOCC3)cc2C(F)(F)F)CC1. The van der Waals surface area contributed by atoms with Crippen molar-refractivity contribution in [1.29, 1.82) is 0 Å². The van der Waals surface area contributed by atoms with E-state index in [0.717, 1.165) is 0 Å². The van der Waals surface area contributed by atoms with Gasteiger partial charge in [0, 0.05) is 51.5 Å². The van der Waals surface area contributed by atoms with E-state index in [1.54, 1.807) is 37.8 Å². The largest absolute Gasteiger partial charge is 0.444 e. The molecule has 0 N–H and O–H groups in total. The molecule has 2 heterocycles. The highest BCUT2D eigenvalue weighted by Gasteiger charge is 2.35. The first-order valence-electron chi connectivity index (χ1n) is 10.3. The van der Waals surface area contributed by atoms with Gasteiger partial charge in [-0.15, -0.1) is 0 Å². The lowest BCUT2D eigenvalue weighted by atomic mass is 10.0. The van der Waals surface area contributed by atoms with Gasteiger partial charge in [0.25, 0.3) is 0 Å². The van der Waals surface area contributed by atoms with Crippen LogP contribution in [0, 0.1) is 0 Å². The number of anilines is 1. The van der Waals surface area contributed by atoms with E-state index in [9.17, 15) is 18.0 Å². The van der Waals surface area contributed by atoms with E-state index in [0.29, 0.717) is 58.2 Å². The Kier molecular flexibility index (Phi) is 6.81. The molecule has 0 aliphatic carbocycles. The van der Waals surface area contributed by atoms with E-state index in [2.05, 4.69) is 0 Å². The molecule has 3 rings (SSSR count). The summed E-state index contributed by atoms with van der Waals surface area (Å²) in [5.74, 6) is 0. The van der Waals surface area contributed by atoms with E-state index in [1.165, 1.54) is 6.07 Å². The Hall–Kier alpha value is -2.00. The van der Waals surface area contributed by atoms with Crippen LogP contribution in [0.3, 0.4) is 0 Å². The molecule has 0 aromatic heterocycles. The van der Waals surface area contributed by atoms with Crippen LogP contribution in [-0.2, 0) is 22.2 Å². The zero-order valence-electron chi connectivity index (χ0n) is 17.8. The molecule has 1 aromatic carbocycles. The summed E-state index contributed by atoms with van der Waals surface area (Å²) in [7, 11) is 0. The number of halogens is 3. The fourth-order valence-corrected chi connectivity index (χ4v) is 3.64. The van der Waals surface area contributed by atoms with Crippen LogP contribution in [0.4, 0.5) is 23.7 Å². The lowest BCUT2D eigenvalue weighted by Crippen LogP contribution is -2.49. The predicted octanol–water partition coefficient (Wildman–Crippen LogP) is 3.59. The number of benzene rings is 1. The molecule has 1 amide bonds. The van der Waals surface area contributed by atoms with Crippen molar-refractivity contribution in [1.82, 2.24) is 9.80 Å². The van der Waals surface area contributed by atoms with Gasteiger partial charge in [-0.05, 0) is 38.5 Å². The lowest BCUT2D eigenvalue weighted by Gasteiger charge is -2.36. The third-order valence-corrected chi connectivity index (χ3v) is 5.19. The van der Waals surface area contributed by atoms with Crippen molar-refractivity contribution in [2.75, 3.05) is 57.4 Å². The highest BCUT2D eigenvalue weighted by Crippen LogP contribution is 2.35. The zero-order chi connectivity index (χ0) is 21.9. The Bertz CT molecular complexity index is 735. The maximum Gasteiger partial charge on any atom is 0.416 e. The number of piperazine rings is 1. The van der Waals surface area contributed by atoms with Gasteiger partial charge in [0.2, 0.25) is 0 Å². The maximum atomic E-state index is 13.7. The number of carbonyl (C=O) groups excluding carboxylic acids is 1. The molecule has 168 valence electrons. The van der Waals surface area contributed by atoms with Gasteiger partial charge in [-0.2, -0.15) is 13.2 Å². The van der Waals surface area contributed by atoms with Crippen LogP contribution in [0.2, 0.25) is 0 Å². The van der Waals surface area contributed by atoms with Gasteiger partial charge in [0.05, 0.1) is 18.8 Å². The predicted molar refractivity (Wildman–Crippen MR) is 108 cm³/mol. The summed E-state index contributed by atoms with van der Waals surface area (Å²) in [4.78, 5) is 17.6. The Morgan fingerprint density at radius 1 is 1.03 bits per heavy atom. The normalized spacial score (nSPS) is 19.1. The van der Waals surface area contributed by atoms with E-state index in [4.69, 9.17) is 9.47 Å². The summed E-state index contributed by atoms with van der Waals surface area (Å²) in [5, 5.41) is 0. The average Bonchev–Trinajstić information content (AvgIpc) is 2.67. The number of alkyl halides is 3. The number of morpholine rings is 1. The summed E-state index contributed by atoms with van der Waals surface area (Å²) < 4.78 is 51.9. The number of hydrogen-bond acceptors (Lipinski definition) is 5. The van der Waals surface area contributed by atoms with Gasteiger partial charge < -0.3 is 19.3 Å². The molecule has 0 spiro atoms. The van der Waals surface area contributed by atoms with Crippen LogP contribution in [-0.4, -0.2) is 74.0 Å². The monoisotopic (exact) mass is 429 g/mol. The Balaban J connectivity index is 1.65. The molecule has 0 bridgehead atoms. The number of ether oxygens (including phenoxy) is 2. The summed E-state index contributed by atoms with van der Waals surface area (Å²) >= 11 is 0. The molecule has 6 nitrogen and oxygen atoms in total. The van der Waals surface area contributed by atoms with Crippen molar-refractivity contribution in [3.05, 3.63) is 29.3 Å². The first kappa shape index (κ1) is 22.7. The second kappa shape index (κ2) is 9.01. The maximum absolute atomic E-state index is 13.7. The van der Waals surface area contributed by atoms with Crippen molar-refractivity contribution >= 4 is 11.8 Å². The van der Waals surface area contributed by atoms with E-state index >= 15 is 0 Å². The molecular weight excluding hydrogens is 399 g/mol. The molecule has 9 heteroatoms. The molecule has 1 aromatic rings. The third kappa shape index (κ3) is 6.01. The van der Waals surface area contributed by atoms with Crippen molar-refractivity contribution in [3.63, 3.8) is 0 Å². The molecule has 2 aliphatic heterocycles. The molecule has 2 fully saturated rings. The number of carbonyl (C=O) groups is 1. The first-order chi connectivity index (χ1) is 14.0. The van der Waals surface area contributed by atoms with Gasteiger partial charge in [0.1, 0.15) is 5.60 Å². The van der Waals surface area contributed by atoms with Crippen LogP contribution in [0.5, 0.6) is 0 Å². The topological polar surface area (TPSA) is 45.2 Å². The number of rotatable bonds is 3. The molecule has 2 saturated heterocycles. The smallest absolute Gasteiger partial charge is 0.416 e. The standard InChI is InChI=1S/C21H30F3N3O3/c1-20(2,3)30-19(28)27-8-6-25(7-9-27)15-16-4-5-17(14-18(16)21(22,23)24)26-10-12-29-13-11-26/h4-5,14H,6-13,15H2,1-3H3. The number of hydrogen-bond donors (Lipinski definition) is 0. The molecule has 0 saturated carbocycles. The molecule has 0 unspecified atom stereocenters. The quantitative estimate of drug-likeness (QED) is 0.735. The summed E-state index contributed by atoms with van der Waals surface area (Å²) in [6.45, 7) is 9.69. The first-order valence-corrected chi connectivity index (χ1v) is 10.3. The van der Waals surface area contributed by atoms with Gasteiger partial charge in [-0.3, -0.25) is 4.90 Å². The van der Waals surface area contributed by atoms with Gasteiger partial charge >= 0.3 is 12.3 Å². The number of nitrogens with zero attached hydrogens (tertiary/aromatic N) is 3. The Labute approximate surface area is 175 Å². The fourth-order valence-electron chi connectivity index (χ4n) is 3.64. The molecule has 30 heavy (non-hydrogen) atoms. The van der Waals surface area contributed by atoms with Crippen LogP contribution in [0.15, 0.2) is 18.2 Å². The van der Waals surface area contributed by atoms with Gasteiger partial charge in [-0.25, -0.2) is 4.79 Å². The molecule has 2 aliphatic rings. The third-order valence-electron chi connectivity index (χ3n) is 5.19. The molecule has 0 atom stereocenters. The molecular formula is C21H30F3N3O3. The summed E-state index contributed by atoms with van der Waals surface area (Å²) in [6.07, 6.45) is -4.80. The van der Waals surface area contributed by atoms with Crippen LogP contribution in [0.1, 0.15) is 31.9 Å². The average molecular weight is 429 g/mol. The lowest BCUT2D eigenvalue weighted by molar-refractivity contribution is -0.138. The molecule has 0 radical (unpaired) electrons. The van der Waals surface area contributed by atoms with Crippen molar-refractivity contribution in [3.8, 4) is 0 Å². The van der Waals surface area contributed by atoms with E-state index in [1.807, 2.05) is 9.80 Å². The highest BCUT2D eigenvalue weighted by molar-refractivity contribution is 5.68. The second-order valence-corrected chi connectivity index (χ2v) is 8.68. The van der Waals surface area contributed by atoms with Crippen LogP contribution >= 0.6 is 0 Å². The van der Waals surface area contributed by atoms with Crippen molar-refractivity contribution in [2.24, 2.45) is 0 Å². The van der Waals surface area contributed by atoms with Crippen molar-refractivity contribution in [2.45, 2.75) is 39.1 Å². The minimum absolute atomic E-state index is 0.195. The van der Waals surface area contributed by atoms with Crippen molar-refractivity contribution < 1.29 is 27.4 Å². The van der Waals surface area contributed by atoms with Gasteiger partial charge in [-0.1, -0.05) is 6.07 Å². The second-order valence-electron chi connectivity index (χ2n) is 8.68. The Morgan fingerprint density at radius 3 is 2.23 bits per heavy atom. The van der Waals surface area contributed by atoms with Crippen LogP contribution < -0.4 is 4.90 Å². The minimum Gasteiger partial charge on any atom is -0.444 e. The van der Waals surface area contributed by atoms with E-state index < -0.39 is 17.3 Å². The zero-order valence-corrected chi connectivity index (χ0v) is 17.8. The number of amides is 1. The minimum atomic E-state index is -4.42. The summed E-state index contributed by atoms with van der Waals surface area (Å²) in [6, 6.07) is 4.58. The summed E-state index contributed by atoms with van der Waals surface area (Å²) in [5.41, 5.74) is -0.340. The Morgan fingerprint density at radius 2 is 1.67 bits per heavy atom. The fraction of sp³-hybridized carbons (Fsp3) is 0.667. The van der Waals surface area contributed by atoms with Crippen LogP contribution in [0.25, 0.3) is 0 Å². The van der Waals surface area contributed by atoms with Gasteiger partial charge in [0.15, 0.2) is 0 Å². The highest BCUT2D eigenvalue weighted by atomic mass is 19.4. The van der Waals surface area contributed by atoms with E-state index in [-0.39, 0.29) is 18.2 Å².